The SMILES string of the molecule is COc1ccc2c(c1)CCCN2S(=O)(=O)c1ccc(CCC(=O)O)cc1. The Morgan fingerprint density at radius 1 is 1.19 bits per heavy atom. The standard InChI is InChI=1S/C19H21NO5S/c1-25-16-7-10-18-15(13-16)3-2-12-20(18)26(23,24)17-8-4-14(5-9-17)6-11-19(21)22/h4-5,7-10,13H,2-3,6,11-12H2,1H3,(H,21,22). The van der Waals surface area contributed by atoms with E-state index in [0.29, 0.717) is 24.4 Å². The summed E-state index contributed by atoms with van der Waals surface area (Å²) in [6, 6.07) is 11.9. The normalized spacial score (nSPS) is 14.0. The molecular formula is C19H21NO5S. The van der Waals surface area contributed by atoms with Gasteiger partial charge in [0, 0.05) is 13.0 Å². The summed E-state index contributed by atoms with van der Waals surface area (Å²) in [7, 11) is -2.08. The number of nitrogens with zero attached hydrogens (tertiary/aromatic N) is 1. The van der Waals surface area contributed by atoms with Crippen molar-refractivity contribution in [2.75, 3.05) is 18.0 Å². The van der Waals surface area contributed by atoms with Crippen molar-refractivity contribution < 1.29 is 23.1 Å². The molecule has 0 unspecified atom stereocenters. The molecule has 0 saturated heterocycles. The van der Waals surface area contributed by atoms with E-state index >= 15 is 0 Å². The van der Waals surface area contributed by atoms with Crippen LogP contribution in [-0.4, -0.2) is 33.1 Å². The Hall–Kier alpha value is -2.54. The Morgan fingerprint density at radius 2 is 1.92 bits per heavy atom. The first-order valence-corrected chi connectivity index (χ1v) is 9.86. The summed E-state index contributed by atoms with van der Waals surface area (Å²) in [6.45, 7) is 0.433. The zero-order valence-electron chi connectivity index (χ0n) is 14.5. The number of methoxy groups -OCH3 is 1. The van der Waals surface area contributed by atoms with E-state index in [4.69, 9.17) is 9.84 Å². The number of benzene rings is 2. The van der Waals surface area contributed by atoms with E-state index in [2.05, 4.69) is 0 Å². The van der Waals surface area contributed by atoms with Crippen LogP contribution in [0.1, 0.15) is 24.0 Å². The summed E-state index contributed by atoms with van der Waals surface area (Å²) in [5, 5.41) is 8.75. The second-order valence-electron chi connectivity index (χ2n) is 6.21. The van der Waals surface area contributed by atoms with Crippen molar-refractivity contribution in [3.63, 3.8) is 0 Å². The predicted molar refractivity (Wildman–Crippen MR) is 98.2 cm³/mol. The molecule has 0 radical (unpaired) electrons. The maximum absolute atomic E-state index is 13.1. The number of aliphatic carboxylic acids is 1. The number of aryl methyl sites for hydroxylation is 2. The summed E-state index contributed by atoms with van der Waals surface area (Å²) in [5.41, 5.74) is 2.44. The lowest BCUT2D eigenvalue weighted by Gasteiger charge is -2.30. The molecule has 26 heavy (non-hydrogen) atoms. The molecule has 1 heterocycles. The number of ether oxygens (including phenoxy) is 1. The maximum atomic E-state index is 13.1. The molecule has 1 aliphatic heterocycles. The molecule has 138 valence electrons. The van der Waals surface area contributed by atoms with E-state index in [-0.39, 0.29) is 11.3 Å². The van der Waals surface area contributed by atoms with Gasteiger partial charge < -0.3 is 9.84 Å². The molecular weight excluding hydrogens is 354 g/mol. The number of anilines is 1. The molecule has 7 heteroatoms. The number of carbonyl (C=O) groups is 1. The van der Waals surface area contributed by atoms with E-state index < -0.39 is 16.0 Å². The lowest BCUT2D eigenvalue weighted by Crippen LogP contribution is -2.35. The van der Waals surface area contributed by atoms with Gasteiger partial charge in [0.05, 0.1) is 17.7 Å². The lowest BCUT2D eigenvalue weighted by atomic mass is 10.0. The fourth-order valence-corrected chi connectivity index (χ4v) is 4.66. The first-order chi connectivity index (χ1) is 12.4. The van der Waals surface area contributed by atoms with Gasteiger partial charge in [0.25, 0.3) is 10.0 Å². The second kappa shape index (κ2) is 7.37. The number of sulfonamides is 1. The van der Waals surface area contributed by atoms with Crippen LogP contribution in [0.4, 0.5) is 5.69 Å². The molecule has 2 aromatic carbocycles. The van der Waals surface area contributed by atoms with Gasteiger partial charge in [0.1, 0.15) is 5.75 Å². The van der Waals surface area contributed by atoms with Crippen LogP contribution in [0.15, 0.2) is 47.4 Å². The molecule has 0 spiro atoms. The van der Waals surface area contributed by atoms with E-state index in [0.717, 1.165) is 24.0 Å². The third kappa shape index (κ3) is 3.67. The molecule has 0 fully saturated rings. The zero-order chi connectivity index (χ0) is 18.7. The molecule has 6 nitrogen and oxygen atoms in total. The van der Waals surface area contributed by atoms with Gasteiger partial charge in [0.2, 0.25) is 0 Å². The van der Waals surface area contributed by atoms with E-state index in [1.54, 1.807) is 43.5 Å². The average Bonchev–Trinajstić information content (AvgIpc) is 2.65. The van der Waals surface area contributed by atoms with Crippen LogP contribution in [0.5, 0.6) is 5.75 Å². The molecule has 0 aliphatic carbocycles. The molecule has 1 aliphatic rings. The maximum Gasteiger partial charge on any atom is 0.303 e. The largest absolute Gasteiger partial charge is 0.497 e. The Balaban J connectivity index is 1.88. The van der Waals surface area contributed by atoms with Gasteiger partial charge in [-0.3, -0.25) is 9.10 Å². The number of fused-ring (bicyclic) bond motifs is 1. The number of carboxylic acid groups (broad SMARTS) is 1. The Bertz CT molecular complexity index is 906. The van der Waals surface area contributed by atoms with Crippen LogP contribution in [0.25, 0.3) is 0 Å². The minimum atomic E-state index is -3.67. The molecule has 1 N–H and O–H groups in total. The fraction of sp³-hybridized carbons (Fsp3) is 0.316. The highest BCUT2D eigenvalue weighted by Crippen LogP contribution is 2.34. The van der Waals surface area contributed by atoms with Crippen molar-refractivity contribution in [1.29, 1.82) is 0 Å². The van der Waals surface area contributed by atoms with E-state index in [1.807, 2.05) is 6.07 Å². The van der Waals surface area contributed by atoms with Gasteiger partial charge in [-0.05, 0) is 60.7 Å². The highest BCUT2D eigenvalue weighted by Gasteiger charge is 2.29. The second-order valence-corrected chi connectivity index (χ2v) is 8.08. The summed E-state index contributed by atoms with van der Waals surface area (Å²) in [5.74, 6) is -0.159. The summed E-state index contributed by atoms with van der Waals surface area (Å²) >= 11 is 0. The first kappa shape index (κ1) is 18.3. The minimum Gasteiger partial charge on any atom is -0.497 e. The lowest BCUT2D eigenvalue weighted by molar-refractivity contribution is -0.136. The van der Waals surface area contributed by atoms with Crippen LogP contribution < -0.4 is 9.04 Å². The molecule has 2 aromatic rings. The topological polar surface area (TPSA) is 83.9 Å². The van der Waals surface area contributed by atoms with Gasteiger partial charge in [0.15, 0.2) is 0 Å². The highest BCUT2D eigenvalue weighted by molar-refractivity contribution is 7.92. The van der Waals surface area contributed by atoms with Crippen molar-refractivity contribution in [3.8, 4) is 5.75 Å². The van der Waals surface area contributed by atoms with E-state index in [1.165, 1.54) is 4.31 Å². The monoisotopic (exact) mass is 375 g/mol. The fourth-order valence-electron chi connectivity index (χ4n) is 3.12. The van der Waals surface area contributed by atoms with Crippen molar-refractivity contribution in [2.45, 2.75) is 30.6 Å². The van der Waals surface area contributed by atoms with Crippen molar-refractivity contribution >= 4 is 21.7 Å². The number of rotatable bonds is 6. The molecule has 0 aromatic heterocycles. The first-order valence-electron chi connectivity index (χ1n) is 8.42. The van der Waals surface area contributed by atoms with Crippen LogP contribution in [0.3, 0.4) is 0 Å². The van der Waals surface area contributed by atoms with Crippen molar-refractivity contribution in [2.24, 2.45) is 0 Å². The zero-order valence-corrected chi connectivity index (χ0v) is 15.3. The van der Waals surface area contributed by atoms with Crippen LogP contribution in [0.2, 0.25) is 0 Å². The molecule has 3 rings (SSSR count). The van der Waals surface area contributed by atoms with E-state index in [9.17, 15) is 13.2 Å². The Labute approximate surface area is 153 Å². The highest BCUT2D eigenvalue weighted by atomic mass is 32.2. The van der Waals surface area contributed by atoms with Gasteiger partial charge in [-0.15, -0.1) is 0 Å². The molecule has 0 bridgehead atoms. The molecule has 0 atom stereocenters. The van der Waals surface area contributed by atoms with Crippen LogP contribution in [-0.2, 0) is 27.7 Å². The van der Waals surface area contributed by atoms with Gasteiger partial charge in [-0.25, -0.2) is 8.42 Å². The van der Waals surface area contributed by atoms with Crippen LogP contribution in [0, 0.1) is 0 Å². The molecule has 0 amide bonds. The van der Waals surface area contributed by atoms with Crippen LogP contribution >= 0.6 is 0 Å². The van der Waals surface area contributed by atoms with Gasteiger partial charge in [-0.1, -0.05) is 12.1 Å². The van der Waals surface area contributed by atoms with Gasteiger partial charge >= 0.3 is 5.97 Å². The summed E-state index contributed by atoms with van der Waals surface area (Å²) in [6.07, 6.45) is 1.96. The molecule has 0 saturated carbocycles. The third-order valence-electron chi connectivity index (χ3n) is 4.50. The summed E-state index contributed by atoms with van der Waals surface area (Å²) in [4.78, 5) is 10.9. The number of carboxylic acids is 1. The number of hydrogen-bond acceptors (Lipinski definition) is 4. The minimum absolute atomic E-state index is 0.0213. The van der Waals surface area contributed by atoms with Gasteiger partial charge in [-0.2, -0.15) is 0 Å². The smallest absolute Gasteiger partial charge is 0.303 e. The Morgan fingerprint density at radius 3 is 2.58 bits per heavy atom. The van der Waals surface area contributed by atoms with Crippen molar-refractivity contribution in [1.82, 2.24) is 0 Å². The van der Waals surface area contributed by atoms with Crippen molar-refractivity contribution in [3.05, 3.63) is 53.6 Å². The predicted octanol–water partition coefficient (Wildman–Crippen LogP) is 2.85. The third-order valence-corrected chi connectivity index (χ3v) is 6.33. The quantitative estimate of drug-likeness (QED) is 0.839. The average molecular weight is 375 g/mol. The summed E-state index contributed by atoms with van der Waals surface area (Å²) < 4.78 is 32.8. The number of hydrogen-bond donors (Lipinski definition) is 1. The Kier molecular flexibility index (Phi) is 5.18.